The number of hydrogen-bond donors (Lipinski definition) is 1. The van der Waals surface area contributed by atoms with Crippen LogP contribution in [-0.2, 0) is 19.9 Å². The monoisotopic (exact) mass is 355 g/mol. The third-order valence-electron chi connectivity index (χ3n) is 4.50. The van der Waals surface area contributed by atoms with E-state index in [0.717, 1.165) is 18.2 Å². The van der Waals surface area contributed by atoms with Gasteiger partial charge in [-0.1, -0.05) is 37.5 Å². The van der Waals surface area contributed by atoms with Crippen LogP contribution in [0.4, 0.5) is 0 Å². The van der Waals surface area contributed by atoms with Gasteiger partial charge in [0, 0.05) is 5.41 Å². The van der Waals surface area contributed by atoms with Crippen LogP contribution >= 0.6 is 0 Å². The van der Waals surface area contributed by atoms with Crippen molar-refractivity contribution in [1.29, 1.82) is 0 Å². The lowest BCUT2D eigenvalue weighted by Gasteiger charge is -2.22. The second kappa shape index (κ2) is 6.37. The number of rotatable bonds is 4. The van der Waals surface area contributed by atoms with Gasteiger partial charge in [-0.15, -0.1) is 0 Å². The average Bonchev–Trinajstić information content (AvgIpc) is 2.86. The molecule has 7 heteroatoms. The smallest absolute Gasteiger partial charge is 0.224 e. The molecule has 1 aliphatic carbocycles. The van der Waals surface area contributed by atoms with Gasteiger partial charge in [0.25, 0.3) is 0 Å². The van der Waals surface area contributed by atoms with Gasteiger partial charge >= 0.3 is 0 Å². The van der Waals surface area contributed by atoms with E-state index in [2.05, 4.69) is 4.72 Å². The van der Waals surface area contributed by atoms with Crippen molar-refractivity contribution in [3.8, 4) is 0 Å². The SMILES string of the molecule is O=S1(=O)C=CC(NS(=O)(=O)c2ccc(C3CCCCC3)cc2)C1. The Hall–Kier alpha value is -1.18. The molecule has 0 saturated heterocycles. The molecular formula is C16H21NO4S2. The van der Waals surface area contributed by atoms with Crippen molar-refractivity contribution < 1.29 is 16.8 Å². The van der Waals surface area contributed by atoms with E-state index in [-0.39, 0.29) is 10.6 Å². The third-order valence-corrected chi connectivity index (χ3v) is 7.40. The highest BCUT2D eigenvalue weighted by Gasteiger charge is 2.27. The predicted molar refractivity (Wildman–Crippen MR) is 89.3 cm³/mol. The largest absolute Gasteiger partial charge is 0.241 e. The van der Waals surface area contributed by atoms with Gasteiger partial charge in [-0.2, -0.15) is 0 Å². The minimum atomic E-state index is -3.71. The number of sulfonamides is 1. The molecule has 0 amide bonds. The summed E-state index contributed by atoms with van der Waals surface area (Å²) in [6.45, 7) is 0. The molecule has 1 aliphatic heterocycles. The van der Waals surface area contributed by atoms with E-state index >= 15 is 0 Å². The van der Waals surface area contributed by atoms with Crippen LogP contribution in [-0.4, -0.2) is 28.6 Å². The minimum absolute atomic E-state index is 0.176. The lowest BCUT2D eigenvalue weighted by atomic mass is 9.84. The molecule has 0 aromatic heterocycles. The van der Waals surface area contributed by atoms with Crippen molar-refractivity contribution in [1.82, 2.24) is 4.72 Å². The van der Waals surface area contributed by atoms with Gasteiger partial charge in [0.15, 0.2) is 9.84 Å². The first-order valence-corrected chi connectivity index (χ1v) is 11.1. The van der Waals surface area contributed by atoms with Crippen molar-refractivity contribution >= 4 is 19.9 Å². The van der Waals surface area contributed by atoms with E-state index in [4.69, 9.17) is 0 Å². The molecule has 2 aliphatic rings. The fraction of sp³-hybridized carbons (Fsp3) is 0.500. The zero-order valence-corrected chi connectivity index (χ0v) is 14.4. The van der Waals surface area contributed by atoms with E-state index in [1.807, 2.05) is 12.1 Å². The van der Waals surface area contributed by atoms with Gasteiger partial charge < -0.3 is 0 Å². The quantitative estimate of drug-likeness (QED) is 0.899. The topological polar surface area (TPSA) is 80.3 Å². The molecule has 1 fully saturated rings. The maximum atomic E-state index is 12.3. The summed E-state index contributed by atoms with van der Waals surface area (Å²) in [5.41, 5.74) is 1.19. The zero-order chi connectivity index (χ0) is 16.5. The van der Waals surface area contributed by atoms with E-state index in [0.29, 0.717) is 5.92 Å². The normalized spacial score (nSPS) is 24.8. The summed E-state index contributed by atoms with van der Waals surface area (Å²) in [6.07, 6.45) is 7.45. The Morgan fingerprint density at radius 3 is 2.22 bits per heavy atom. The highest BCUT2D eigenvalue weighted by Crippen LogP contribution is 2.32. The molecule has 1 saturated carbocycles. The molecule has 1 aromatic carbocycles. The Morgan fingerprint density at radius 2 is 1.65 bits per heavy atom. The summed E-state index contributed by atoms with van der Waals surface area (Å²) in [7, 11) is -6.99. The summed E-state index contributed by atoms with van der Waals surface area (Å²) < 4.78 is 49.8. The molecule has 126 valence electrons. The van der Waals surface area contributed by atoms with Gasteiger partial charge in [-0.3, -0.25) is 0 Å². The Labute approximate surface area is 137 Å². The number of nitrogens with one attached hydrogen (secondary N) is 1. The van der Waals surface area contributed by atoms with Crippen molar-refractivity contribution in [2.45, 2.75) is 49.0 Å². The van der Waals surface area contributed by atoms with Gasteiger partial charge in [0.2, 0.25) is 10.0 Å². The average molecular weight is 355 g/mol. The lowest BCUT2D eigenvalue weighted by molar-refractivity contribution is 0.443. The second-order valence-electron chi connectivity index (χ2n) is 6.29. The van der Waals surface area contributed by atoms with Gasteiger partial charge in [-0.25, -0.2) is 21.6 Å². The van der Waals surface area contributed by atoms with Crippen LogP contribution in [0.2, 0.25) is 0 Å². The molecule has 0 bridgehead atoms. The third kappa shape index (κ3) is 4.02. The summed E-state index contributed by atoms with van der Waals surface area (Å²) in [6, 6.07) is 6.29. The number of benzene rings is 1. The van der Waals surface area contributed by atoms with Crippen molar-refractivity contribution in [2.75, 3.05) is 5.75 Å². The van der Waals surface area contributed by atoms with Gasteiger partial charge in [0.05, 0.1) is 16.7 Å². The molecule has 1 aromatic rings. The van der Waals surface area contributed by atoms with Gasteiger partial charge in [-0.05, 0) is 36.5 Å². The fourth-order valence-corrected chi connectivity index (χ4v) is 5.80. The number of sulfone groups is 1. The Kier molecular flexibility index (Phi) is 4.62. The standard InChI is InChI=1S/C16H21NO4S2/c18-22(19)11-10-15(12-22)17-23(20,21)16-8-6-14(7-9-16)13-4-2-1-3-5-13/h6-11,13,15,17H,1-5,12H2. The summed E-state index contributed by atoms with van der Waals surface area (Å²) >= 11 is 0. The van der Waals surface area contributed by atoms with Crippen LogP contribution in [0.3, 0.4) is 0 Å². The first-order chi connectivity index (χ1) is 10.9. The molecule has 3 rings (SSSR count). The summed E-state index contributed by atoms with van der Waals surface area (Å²) in [4.78, 5) is 0.176. The molecule has 0 spiro atoms. The molecule has 5 nitrogen and oxygen atoms in total. The zero-order valence-electron chi connectivity index (χ0n) is 12.8. The molecule has 1 N–H and O–H groups in total. The molecule has 23 heavy (non-hydrogen) atoms. The van der Waals surface area contributed by atoms with Crippen LogP contribution in [0.15, 0.2) is 40.6 Å². The summed E-state index contributed by atoms with van der Waals surface area (Å²) in [5.74, 6) is 0.309. The second-order valence-corrected chi connectivity index (χ2v) is 9.94. The molecule has 1 unspecified atom stereocenters. The van der Waals surface area contributed by atoms with Crippen molar-refractivity contribution in [3.05, 3.63) is 41.3 Å². The first-order valence-electron chi connectivity index (χ1n) is 7.89. The Morgan fingerprint density at radius 1 is 1.00 bits per heavy atom. The van der Waals surface area contributed by atoms with Crippen molar-refractivity contribution in [2.24, 2.45) is 0 Å². The van der Waals surface area contributed by atoms with E-state index in [9.17, 15) is 16.8 Å². The van der Waals surface area contributed by atoms with Crippen LogP contribution in [0.5, 0.6) is 0 Å². The van der Waals surface area contributed by atoms with Crippen LogP contribution < -0.4 is 4.72 Å². The van der Waals surface area contributed by atoms with E-state index in [1.165, 1.54) is 30.9 Å². The highest BCUT2D eigenvalue weighted by atomic mass is 32.2. The Bertz CT molecular complexity index is 789. The minimum Gasteiger partial charge on any atom is -0.224 e. The Balaban J connectivity index is 1.71. The van der Waals surface area contributed by atoms with Crippen LogP contribution in [0.25, 0.3) is 0 Å². The van der Waals surface area contributed by atoms with Crippen LogP contribution in [0, 0.1) is 0 Å². The highest BCUT2D eigenvalue weighted by molar-refractivity contribution is 7.94. The molecule has 1 atom stereocenters. The number of hydrogen-bond acceptors (Lipinski definition) is 4. The fourth-order valence-electron chi connectivity index (χ4n) is 3.27. The molecular weight excluding hydrogens is 334 g/mol. The lowest BCUT2D eigenvalue weighted by Crippen LogP contribution is -2.35. The first kappa shape index (κ1) is 16.7. The maximum absolute atomic E-state index is 12.3. The van der Waals surface area contributed by atoms with Crippen LogP contribution in [0.1, 0.15) is 43.6 Å². The van der Waals surface area contributed by atoms with E-state index in [1.54, 1.807) is 12.1 Å². The van der Waals surface area contributed by atoms with Crippen molar-refractivity contribution in [3.63, 3.8) is 0 Å². The van der Waals surface area contributed by atoms with Gasteiger partial charge in [0.1, 0.15) is 0 Å². The maximum Gasteiger partial charge on any atom is 0.241 e. The van der Waals surface area contributed by atoms with E-state index < -0.39 is 25.9 Å². The molecule has 0 radical (unpaired) electrons. The molecule has 1 heterocycles. The predicted octanol–water partition coefficient (Wildman–Crippen LogP) is 2.32. The summed E-state index contributed by atoms with van der Waals surface area (Å²) in [5, 5.41) is 1.06.